The number of benzene rings is 1. The normalized spacial score (nSPS) is 20.6. The largest absolute Gasteiger partial charge is 0.388 e. The van der Waals surface area contributed by atoms with Crippen molar-refractivity contribution in [3.05, 3.63) is 29.3 Å². The molecule has 0 aliphatic carbocycles. The number of aryl methyl sites for hydroxylation is 1. The summed E-state index contributed by atoms with van der Waals surface area (Å²) < 4.78 is 0. The maximum atomic E-state index is 10.6. The lowest BCUT2D eigenvalue weighted by atomic mass is 9.95. The average molecular weight is 317 g/mol. The molecule has 1 aromatic rings. The third-order valence-corrected chi connectivity index (χ3v) is 5.19. The second-order valence-corrected chi connectivity index (χ2v) is 7.17. The Hall–Kier alpha value is -1.10. The molecule has 1 aromatic carbocycles. The Balaban J connectivity index is 1.63. The van der Waals surface area contributed by atoms with Gasteiger partial charge in [-0.15, -0.1) is 0 Å². The molecule has 0 amide bonds. The van der Waals surface area contributed by atoms with Crippen molar-refractivity contribution in [1.29, 1.82) is 0 Å². The summed E-state index contributed by atoms with van der Waals surface area (Å²) in [5.41, 5.74) is 3.86. The molecule has 2 N–H and O–H groups in total. The average Bonchev–Trinajstić information content (AvgIpc) is 2.59. The fourth-order valence-electron chi connectivity index (χ4n) is 3.80. The minimum atomic E-state index is -0.343. The smallest absolute Gasteiger partial charge is 0.0802 e. The van der Waals surface area contributed by atoms with Crippen molar-refractivity contribution in [3.63, 3.8) is 0 Å². The molecule has 4 nitrogen and oxygen atoms in total. The van der Waals surface area contributed by atoms with Crippen LogP contribution < -0.4 is 10.2 Å². The highest BCUT2D eigenvalue weighted by molar-refractivity contribution is 5.57. The van der Waals surface area contributed by atoms with Crippen LogP contribution in [0.15, 0.2) is 18.2 Å². The third kappa shape index (κ3) is 4.06. The summed E-state index contributed by atoms with van der Waals surface area (Å²) in [6.07, 6.45) is 2.83. The summed E-state index contributed by atoms with van der Waals surface area (Å²) >= 11 is 0. The van der Waals surface area contributed by atoms with Crippen molar-refractivity contribution in [3.8, 4) is 0 Å². The zero-order chi connectivity index (χ0) is 16.2. The van der Waals surface area contributed by atoms with Gasteiger partial charge < -0.3 is 20.2 Å². The molecule has 2 heterocycles. The Morgan fingerprint density at radius 1 is 1.17 bits per heavy atom. The first-order valence-electron chi connectivity index (χ1n) is 9.16. The van der Waals surface area contributed by atoms with Gasteiger partial charge in [0.1, 0.15) is 0 Å². The summed E-state index contributed by atoms with van der Waals surface area (Å²) in [5.74, 6) is 0. The first-order chi connectivity index (χ1) is 11.1. The van der Waals surface area contributed by atoms with Gasteiger partial charge in [-0.3, -0.25) is 0 Å². The number of nitrogens with one attached hydrogen (secondary N) is 1. The highest BCUT2D eigenvalue weighted by Crippen LogP contribution is 2.31. The molecule has 2 aliphatic rings. The van der Waals surface area contributed by atoms with Gasteiger partial charge in [0, 0.05) is 51.0 Å². The van der Waals surface area contributed by atoms with E-state index in [4.69, 9.17) is 0 Å². The van der Waals surface area contributed by atoms with E-state index in [1.54, 1.807) is 0 Å². The fourth-order valence-corrected chi connectivity index (χ4v) is 3.80. The lowest BCUT2D eigenvalue weighted by Crippen LogP contribution is -2.44. The van der Waals surface area contributed by atoms with Crippen LogP contribution in [-0.2, 0) is 6.42 Å². The van der Waals surface area contributed by atoms with Crippen LogP contribution in [0.25, 0.3) is 0 Å². The topological polar surface area (TPSA) is 38.7 Å². The standard InChI is InChI=1S/C19H31N3O/c1-15(2)22-10-3-4-16-14-17(5-6-18(16)22)19(23)7-11-21-12-8-20-9-13-21/h5-6,14-15,19-20,23H,3-4,7-13H2,1-2H3. The predicted molar refractivity (Wildman–Crippen MR) is 96.1 cm³/mol. The predicted octanol–water partition coefficient (Wildman–Crippen LogP) is 2.18. The Kier molecular flexibility index (Phi) is 5.57. The van der Waals surface area contributed by atoms with Crippen molar-refractivity contribution >= 4 is 5.69 Å². The molecule has 0 aromatic heterocycles. The van der Waals surface area contributed by atoms with E-state index >= 15 is 0 Å². The second-order valence-electron chi connectivity index (χ2n) is 7.17. The minimum Gasteiger partial charge on any atom is -0.388 e. The number of rotatable bonds is 5. The molecule has 1 atom stereocenters. The van der Waals surface area contributed by atoms with Crippen LogP contribution >= 0.6 is 0 Å². The molecule has 0 bridgehead atoms. The fraction of sp³-hybridized carbons (Fsp3) is 0.684. The molecule has 23 heavy (non-hydrogen) atoms. The van der Waals surface area contributed by atoms with E-state index in [1.165, 1.54) is 17.7 Å². The van der Waals surface area contributed by atoms with Crippen molar-refractivity contribution < 1.29 is 5.11 Å². The molecule has 128 valence electrons. The van der Waals surface area contributed by atoms with Crippen LogP contribution in [0.5, 0.6) is 0 Å². The Labute approximate surface area is 140 Å². The van der Waals surface area contributed by atoms with Gasteiger partial charge in [-0.1, -0.05) is 12.1 Å². The summed E-state index contributed by atoms with van der Waals surface area (Å²) in [7, 11) is 0. The molecule has 4 heteroatoms. The molecule has 0 radical (unpaired) electrons. The zero-order valence-electron chi connectivity index (χ0n) is 14.6. The number of hydrogen-bond acceptors (Lipinski definition) is 4. The van der Waals surface area contributed by atoms with Crippen molar-refractivity contribution in [1.82, 2.24) is 10.2 Å². The van der Waals surface area contributed by atoms with Gasteiger partial charge in [-0.2, -0.15) is 0 Å². The summed E-state index contributed by atoms with van der Waals surface area (Å²) in [4.78, 5) is 4.92. The van der Waals surface area contributed by atoms with Crippen LogP contribution in [0.4, 0.5) is 5.69 Å². The molecule has 1 fully saturated rings. The zero-order valence-corrected chi connectivity index (χ0v) is 14.6. The van der Waals surface area contributed by atoms with E-state index < -0.39 is 0 Å². The van der Waals surface area contributed by atoms with Crippen LogP contribution in [0.1, 0.15) is 43.9 Å². The van der Waals surface area contributed by atoms with Gasteiger partial charge in [-0.25, -0.2) is 0 Å². The SMILES string of the molecule is CC(C)N1CCCc2cc(C(O)CCN3CCNCC3)ccc21. The Morgan fingerprint density at radius 3 is 2.70 bits per heavy atom. The summed E-state index contributed by atoms with van der Waals surface area (Å²) in [6.45, 7) is 11.0. The molecule has 1 unspecified atom stereocenters. The lowest BCUT2D eigenvalue weighted by Gasteiger charge is -2.35. The Bertz CT molecular complexity index is 511. The summed E-state index contributed by atoms with van der Waals surface area (Å²) in [6, 6.07) is 7.13. The van der Waals surface area contributed by atoms with Gasteiger partial charge in [0.2, 0.25) is 0 Å². The van der Waals surface area contributed by atoms with Gasteiger partial charge in [0.05, 0.1) is 6.10 Å². The molecule has 2 aliphatic heterocycles. The number of anilines is 1. The molecule has 3 rings (SSSR count). The minimum absolute atomic E-state index is 0.343. The van der Waals surface area contributed by atoms with Crippen LogP contribution in [0.3, 0.4) is 0 Å². The number of hydrogen-bond donors (Lipinski definition) is 2. The molecule has 0 saturated carbocycles. The molecule has 1 saturated heterocycles. The van der Waals surface area contributed by atoms with Crippen molar-refractivity contribution in [2.45, 2.75) is 45.3 Å². The van der Waals surface area contributed by atoms with Crippen molar-refractivity contribution in [2.24, 2.45) is 0 Å². The summed E-state index contributed by atoms with van der Waals surface area (Å²) in [5, 5.41) is 13.9. The van der Waals surface area contributed by atoms with E-state index in [-0.39, 0.29) is 6.10 Å². The van der Waals surface area contributed by atoms with E-state index in [2.05, 4.69) is 47.2 Å². The van der Waals surface area contributed by atoms with Gasteiger partial charge in [-0.05, 0) is 50.3 Å². The van der Waals surface area contributed by atoms with Gasteiger partial charge in [0.15, 0.2) is 0 Å². The third-order valence-electron chi connectivity index (χ3n) is 5.19. The van der Waals surface area contributed by atoms with Crippen molar-refractivity contribution in [2.75, 3.05) is 44.2 Å². The molecular weight excluding hydrogens is 286 g/mol. The highest BCUT2D eigenvalue weighted by atomic mass is 16.3. The first-order valence-corrected chi connectivity index (χ1v) is 9.16. The van der Waals surface area contributed by atoms with Crippen LogP contribution in [0.2, 0.25) is 0 Å². The first kappa shape index (κ1) is 16.7. The van der Waals surface area contributed by atoms with Crippen LogP contribution in [-0.4, -0.2) is 55.3 Å². The van der Waals surface area contributed by atoms with E-state index in [0.717, 1.165) is 57.7 Å². The van der Waals surface area contributed by atoms with Gasteiger partial charge >= 0.3 is 0 Å². The maximum Gasteiger partial charge on any atom is 0.0802 e. The van der Waals surface area contributed by atoms with E-state index in [9.17, 15) is 5.11 Å². The Morgan fingerprint density at radius 2 is 1.96 bits per heavy atom. The van der Waals surface area contributed by atoms with E-state index in [1.807, 2.05) is 0 Å². The number of aliphatic hydroxyl groups excluding tert-OH is 1. The molecular formula is C19H31N3O. The van der Waals surface area contributed by atoms with Gasteiger partial charge in [0.25, 0.3) is 0 Å². The number of nitrogens with zero attached hydrogens (tertiary/aromatic N) is 2. The van der Waals surface area contributed by atoms with E-state index in [0.29, 0.717) is 6.04 Å². The number of fused-ring (bicyclic) bond motifs is 1. The molecule has 0 spiro atoms. The second kappa shape index (κ2) is 7.65. The monoisotopic (exact) mass is 317 g/mol. The quantitative estimate of drug-likeness (QED) is 0.873. The number of piperazine rings is 1. The highest BCUT2D eigenvalue weighted by Gasteiger charge is 2.21. The lowest BCUT2D eigenvalue weighted by molar-refractivity contribution is 0.136. The number of aliphatic hydroxyl groups is 1. The maximum absolute atomic E-state index is 10.6. The van der Waals surface area contributed by atoms with Crippen LogP contribution in [0, 0.1) is 0 Å².